The summed E-state index contributed by atoms with van der Waals surface area (Å²) in [5.74, 6) is -3.23. The Labute approximate surface area is 175 Å². The molecule has 0 saturated heterocycles. The van der Waals surface area contributed by atoms with Crippen LogP contribution in [0.3, 0.4) is 0 Å². The number of aromatic hydroxyl groups is 4. The van der Waals surface area contributed by atoms with E-state index in [9.17, 15) is 35.1 Å². The second kappa shape index (κ2) is 8.62. The van der Waals surface area contributed by atoms with Crippen molar-refractivity contribution in [2.75, 3.05) is 5.75 Å². The topological polar surface area (TPSA) is 157 Å². The van der Waals surface area contributed by atoms with Crippen molar-refractivity contribution < 1.29 is 39.9 Å². The molecule has 0 radical (unpaired) electrons. The van der Waals surface area contributed by atoms with Crippen molar-refractivity contribution in [3.8, 4) is 28.7 Å². The van der Waals surface area contributed by atoms with Crippen LogP contribution in [0.25, 0.3) is 0 Å². The lowest BCUT2D eigenvalue weighted by Crippen LogP contribution is -2.41. The standard InChI is InChI=1S/C20H21NO8S/c1-9(22)21-12(20(27)28)8-30-19-11(7-14(24)17(25)18(19)26)16-6-5-10-13(23)3-2-4-15(10)29-16/h2-4,7,12,16,23-26H,5-6,8H2,1H3,(H,21,22)(H,27,28)/t12?,16-/m0/s1. The molecule has 0 bridgehead atoms. The summed E-state index contributed by atoms with van der Waals surface area (Å²) < 4.78 is 5.94. The molecule has 160 valence electrons. The van der Waals surface area contributed by atoms with E-state index in [1.54, 1.807) is 18.2 Å². The maximum atomic E-state index is 11.4. The molecule has 0 aromatic heterocycles. The number of carboxylic acid groups (broad SMARTS) is 1. The average molecular weight is 435 g/mol. The molecule has 1 aliphatic heterocycles. The lowest BCUT2D eigenvalue weighted by molar-refractivity contribution is -0.140. The minimum absolute atomic E-state index is 0.108. The van der Waals surface area contributed by atoms with Crippen LogP contribution in [0.2, 0.25) is 0 Å². The van der Waals surface area contributed by atoms with Gasteiger partial charge in [-0.15, -0.1) is 11.8 Å². The summed E-state index contributed by atoms with van der Waals surface area (Å²) in [6.07, 6.45) is 0.266. The highest BCUT2D eigenvalue weighted by atomic mass is 32.2. The van der Waals surface area contributed by atoms with Crippen LogP contribution in [0.5, 0.6) is 28.7 Å². The Kier molecular flexibility index (Phi) is 6.16. The van der Waals surface area contributed by atoms with Gasteiger partial charge in [0.1, 0.15) is 23.6 Å². The van der Waals surface area contributed by atoms with Gasteiger partial charge in [0.15, 0.2) is 11.5 Å². The molecule has 1 aliphatic rings. The van der Waals surface area contributed by atoms with Gasteiger partial charge in [-0.3, -0.25) is 4.79 Å². The molecule has 2 aromatic rings. The van der Waals surface area contributed by atoms with Crippen molar-refractivity contribution in [2.45, 2.75) is 36.8 Å². The predicted molar refractivity (Wildman–Crippen MR) is 107 cm³/mol. The van der Waals surface area contributed by atoms with Crippen molar-refractivity contribution >= 4 is 23.6 Å². The molecule has 0 aliphatic carbocycles. The molecule has 9 nitrogen and oxygen atoms in total. The van der Waals surface area contributed by atoms with Crippen LogP contribution < -0.4 is 10.1 Å². The highest BCUT2D eigenvalue weighted by Crippen LogP contribution is 2.49. The SMILES string of the molecule is CC(=O)NC(CSc1c([C@@H]2CCc3c(O)cccc3O2)cc(O)c(O)c1O)C(=O)O. The predicted octanol–water partition coefficient (Wildman–Crippen LogP) is 2.26. The summed E-state index contributed by atoms with van der Waals surface area (Å²) in [6.45, 7) is 1.19. The summed E-state index contributed by atoms with van der Waals surface area (Å²) in [7, 11) is 0. The molecule has 2 atom stereocenters. The van der Waals surface area contributed by atoms with E-state index in [-0.39, 0.29) is 16.4 Å². The van der Waals surface area contributed by atoms with Gasteiger partial charge in [0.05, 0.1) is 4.90 Å². The number of carbonyl (C=O) groups excluding carboxylic acids is 1. The minimum atomic E-state index is -1.25. The van der Waals surface area contributed by atoms with Crippen LogP contribution in [-0.2, 0) is 16.0 Å². The molecule has 10 heteroatoms. The molecule has 1 unspecified atom stereocenters. The second-order valence-electron chi connectivity index (χ2n) is 6.81. The number of benzene rings is 2. The van der Waals surface area contributed by atoms with E-state index >= 15 is 0 Å². The Morgan fingerprint density at radius 3 is 2.60 bits per heavy atom. The van der Waals surface area contributed by atoms with Gasteiger partial charge in [-0.05, 0) is 31.0 Å². The first-order chi connectivity index (χ1) is 14.2. The van der Waals surface area contributed by atoms with E-state index in [4.69, 9.17) is 4.74 Å². The highest BCUT2D eigenvalue weighted by molar-refractivity contribution is 7.99. The summed E-state index contributed by atoms with van der Waals surface area (Å²) in [4.78, 5) is 22.8. The first kappa shape index (κ1) is 21.4. The van der Waals surface area contributed by atoms with Gasteiger partial charge in [-0.1, -0.05) is 6.07 Å². The van der Waals surface area contributed by atoms with E-state index in [2.05, 4.69) is 5.32 Å². The number of carbonyl (C=O) groups is 2. The van der Waals surface area contributed by atoms with Crippen LogP contribution >= 0.6 is 11.8 Å². The number of ether oxygens (including phenoxy) is 1. The number of carboxylic acids is 1. The van der Waals surface area contributed by atoms with E-state index in [1.807, 2.05) is 0 Å². The van der Waals surface area contributed by atoms with E-state index in [0.29, 0.717) is 29.7 Å². The number of rotatable bonds is 6. The molecule has 0 saturated carbocycles. The summed E-state index contributed by atoms with van der Waals surface area (Å²) in [5, 5.41) is 51.9. The number of aliphatic carboxylic acids is 1. The molecule has 0 fully saturated rings. The number of hydrogen-bond donors (Lipinski definition) is 6. The summed E-state index contributed by atoms with van der Waals surface area (Å²) >= 11 is 0.907. The Bertz CT molecular complexity index is 993. The third kappa shape index (κ3) is 4.33. The first-order valence-corrected chi connectivity index (χ1v) is 10.1. The Morgan fingerprint density at radius 2 is 1.93 bits per heavy atom. The van der Waals surface area contributed by atoms with Crippen LogP contribution in [0.1, 0.15) is 30.6 Å². The van der Waals surface area contributed by atoms with Gasteiger partial charge in [0.2, 0.25) is 11.7 Å². The lowest BCUT2D eigenvalue weighted by Gasteiger charge is -2.29. The smallest absolute Gasteiger partial charge is 0.327 e. The molecule has 3 rings (SSSR count). The quantitative estimate of drug-likeness (QED) is 0.296. The number of hydrogen-bond acceptors (Lipinski definition) is 8. The molecule has 2 aromatic carbocycles. The minimum Gasteiger partial charge on any atom is -0.508 e. The fourth-order valence-corrected chi connectivity index (χ4v) is 4.40. The number of nitrogens with one attached hydrogen (secondary N) is 1. The van der Waals surface area contributed by atoms with Crippen LogP contribution in [0.4, 0.5) is 0 Å². The van der Waals surface area contributed by atoms with Gasteiger partial charge >= 0.3 is 5.97 Å². The average Bonchev–Trinajstić information content (AvgIpc) is 2.69. The Morgan fingerprint density at radius 1 is 1.20 bits per heavy atom. The zero-order chi connectivity index (χ0) is 22.0. The molecule has 1 amide bonds. The van der Waals surface area contributed by atoms with E-state index in [0.717, 1.165) is 11.8 Å². The monoisotopic (exact) mass is 435 g/mol. The van der Waals surface area contributed by atoms with Crippen molar-refractivity contribution in [1.29, 1.82) is 0 Å². The zero-order valence-electron chi connectivity index (χ0n) is 16.0. The molecule has 1 heterocycles. The molecular formula is C20H21NO8S. The number of phenolic OH excluding ortho intramolecular Hbond substituents is 4. The van der Waals surface area contributed by atoms with Crippen LogP contribution in [0, 0.1) is 0 Å². The van der Waals surface area contributed by atoms with E-state index < -0.39 is 41.3 Å². The largest absolute Gasteiger partial charge is 0.508 e. The number of fused-ring (bicyclic) bond motifs is 1. The molecular weight excluding hydrogens is 414 g/mol. The highest BCUT2D eigenvalue weighted by Gasteiger charge is 2.30. The maximum Gasteiger partial charge on any atom is 0.327 e. The molecule has 6 N–H and O–H groups in total. The fraction of sp³-hybridized carbons (Fsp3) is 0.300. The van der Waals surface area contributed by atoms with Crippen molar-refractivity contribution in [1.82, 2.24) is 5.32 Å². The third-order valence-electron chi connectivity index (χ3n) is 4.69. The maximum absolute atomic E-state index is 11.4. The van der Waals surface area contributed by atoms with Gasteiger partial charge in [-0.25, -0.2) is 4.79 Å². The number of phenols is 4. The summed E-state index contributed by atoms with van der Waals surface area (Å²) in [6, 6.07) is 4.90. The number of amides is 1. The Balaban J connectivity index is 1.93. The van der Waals surface area contributed by atoms with Gasteiger partial charge in [0, 0.05) is 23.8 Å². The van der Waals surface area contributed by atoms with Crippen molar-refractivity contribution in [2.24, 2.45) is 0 Å². The van der Waals surface area contributed by atoms with Crippen molar-refractivity contribution in [3.05, 3.63) is 35.4 Å². The van der Waals surface area contributed by atoms with Gasteiger partial charge < -0.3 is 35.6 Å². The van der Waals surface area contributed by atoms with Crippen LogP contribution in [0.15, 0.2) is 29.2 Å². The number of thioether (sulfide) groups is 1. The first-order valence-electron chi connectivity index (χ1n) is 9.07. The van der Waals surface area contributed by atoms with Crippen LogP contribution in [-0.4, -0.2) is 49.2 Å². The lowest BCUT2D eigenvalue weighted by atomic mass is 9.96. The second-order valence-corrected chi connectivity index (χ2v) is 7.84. The molecule has 0 spiro atoms. The van der Waals surface area contributed by atoms with Gasteiger partial charge in [-0.2, -0.15) is 0 Å². The summed E-state index contributed by atoms with van der Waals surface area (Å²) in [5.41, 5.74) is 1.00. The third-order valence-corrected chi connectivity index (χ3v) is 5.91. The molecule has 30 heavy (non-hydrogen) atoms. The Hall–Kier alpha value is -3.27. The van der Waals surface area contributed by atoms with Gasteiger partial charge in [0.25, 0.3) is 0 Å². The zero-order valence-corrected chi connectivity index (χ0v) is 16.8. The fourth-order valence-electron chi connectivity index (χ4n) is 3.25. The van der Waals surface area contributed by atoms with Crippen molar-refractivity contribution in [3.63, 3.8) is 0 Å². The normalized spacial score (nSPS) is 16.2. The van der Waals surface area contributed by atoms with E-state index in [1.165, 1.54) is 13.0 Å².